The molecule has 3 aromatic heterocycles. The number of pyridine rings is 1. The van der Waals surface area contributed by atoms with Gasteiger partial charge in [0.1, 0.15) is 5.58 Å². The molecule has 0 radical (unpaired) electrons. The van der Waals surface area contributed by atoms with E-state index < -0.39 is 5.89 Å². The molecule has 0 fully saturated rings. The Bertz CT molecular complexity index is 1370. The lowest BCUT2D eigenvalue weighted by Gasteiger charge is -2.11. The molecule has 0 unspecified atom stereocenters. The minimum absolute atomic E-state index is 0.660. The fourth-order valence-corrected chi connectivity index (χ4v) is 5.08. The first-order valence-corrected chi connectivity index (χ1v) is 9.96. The second-order valence-corrected chi connectivity index (χ2v) is 8.45. The number of furan rings is 1. The van der Waals surface area contributed by atoms with Crippen molar-refractivity contribution in [3.63, 3.8) is 0 Å². The zero-order chi connectivity index (χ0) is 19.6. The smallest absolute Gasteiger partial charge is 0.154 e. The highest BCUT2D eigenvalue weighted by atomic mass is 32.1. The Balaban J connectivity index is 1.80. The molecule has 0 aliphatic rings. The maximum Gasteiger partial charge on any atom is 0.154 e. The van der Waals surface area contributed by atoms with Crippen LogP contribution >= 0.6 is 11.3 Å². The summed E-state index contributed by atoms with van der Waals surface area (Å²) in [6.07, 6.45) is 1.89. The summed E-state index contributed by atoms with van der Waals surface area (Å²) in [7, 11) is 0. The highest BCUT2D eigenvalue weighted by molar-refractivity contribution is 7.27. The van der Waals surface area contributed by atoms with Crippen LogP contribution in [0.1, 0.15) is 37.8 Å². The van der Waals surface area contributed by atoms with Gasteiger partial charge in [-0.05, 0) is 55.1 Å². The van der Waals surface area contributed by atoms with Crippen molar-refractivity contribution >= 4 is 42.7 Å². The first-order valence-electron chi connectivity index (χ1n) is 9.65. The number of aryl methyl sites for hydroxylation is 2. The quantitative estimate of drug-likeness (QED) is 0.319. The van der Waals surface area contributed by atoms with Gasteiger partial charge in [0.05, 0.1) is 10.4 Å². The van der Waals surface area contributed by atoms with E-state index in [0.29, 0.717) is 0 Å². The summed E-state index contributed by atoms with van der Waals surface area (Å²) in [5.41, 5.74) is 7.20. The van der Waals surface area contributed by atoms with E-state index in [1.54, 1.807) is 11.3 Å². The summed E-state index contributed by atoms with van der Waals surface area (Å²) in [4.78, 5) is 4.70. The van der Waals surface area contributed by atoms with Crippen LogP contribution in [0, 0.1) is 13.8 Å². The topological polar surface area (TPSA) is 26.0 Å². The summed E-state index contributed by atoms with van der Waals surface area (Å²) < 4.78 is 17.1. The van der Waals surface area contributed by atoms with Gasteiger partial charge >= 0.3 is 0 Å². The predicted molar refractivity (Wildman–Crippen MR) is 116 cm³/mol. The van der Waals surface area contributed by atoms with E-state index in [2.05, 4.69) is 49.4 Å². The van der Waals surface area contributed by atoms with Gasteiger partial charge in [0.15, 0.2) is 5.58 Å². The molecular weight excluding hydrogens is 350 g/mol. The number of hydrogen-bond acceptors (Lipinski definition) is 3. The average molecular weight is 373 g/mol. The molecule has 0 aliphatic carbocycles. The maximum atomic E-state index is 8.47. The van der Waals surface area contributed by atoms with Gasteiger partial charge < -0.3 is 4.42 Å². The molecule has 3 heterocycles. The number of hydrogen-bond donors (Lipinski definition) is 0. The van der Waals surface area contributed by atoms with E-state index in [-0.39, 0.29) is 0 Å². The highest BCUT2D eigenvalue weighted by Gasteiger charge is 2.17. The molecule has 27 heavy (non-hydrogen) atoms. The van der Waals surface area contributed by atoms with E-state index in [0.717, 1.165) is 38.9 Å². The number of aromatic nitrogens is 1. The molecule has 0 bridgehead atoms. The molecule has 2 nitrogen and oxygen atoms in total. The first kappa shape index (κ1) is 15.4. The van der Waals surface area contributed by atoms with Crippen LogP contribution in [-0.4, -0.2) is 4.98 Å². The zero-order valence-electron chi connectivity index (χ0n) is 16.9. The van der Waals surface area contributed by atoms with Crippen LogP contribution in [0.5, 0.6) is 0 Å². The first-order chi connectivity index (χ1) is 13.3. The molecule has 2 aromatic carbocycles. The maximum absolute atomic E-state index is 8.47. The third-order valence-electron chi connectivity index (χ3n) is 5.18. The van der Waals surface area contributed by atoms with Crippen LogP contribution in [0.25, 0.3) is 42.6 Å². The van der Waals surface area contributed by atoms with Crippen LogP contribution in [0.2, 0.25) is 0 Å². The van der Waals surface area contributed by atoms with Crippen molar-refractivity contribution in [2.45, 2.75) is 33.6 Å². The van der Waals surface area contributed by atoms with Gasteiger partial charge in [-0.2, -0.15) is 0 Å². The molecule has 0 aliphatic heterocycles. The minimum atomic E-state index is -0.660. The highest BCUT2D eigenvalue weighted by Crippen LogP contribution is 2.44. The van der Waals surface area contributed by atoms with Crippen molar-refractivity contribution in [3.05, 3.63) is 65.4 Å². The van der Waals surface area contributed by atoms with Crippen LogP contribution < -0.4 is 0 Å². The van der Waals surface area contributed by atoms with Crippen molar-refractivity contribution < 1.29 is 5.79 Å². The van der Waals surface area contributed by atoms with Gasteiger partial charge in [0.25, 0.3) is 0 Å². The van der Waals surface area contributed by atoms with Gasteiger partial charge in [0, 0.05) is 28.6 Å². The van der Waals surface area contributed by atoms with Crippen molar-refractivity contribution in [2.75, 3.05) is 0 Å². The van der Waals surface area contributed by atoms with Crippen LogP contribution in [0.4, 0.5) is 0 Å². The third-order valence-corrected chi connectivity index (χ3v) is 6.43. The lowest BCUT2D eigenvalue weighted by molar-refractivity contribution is 0.673. The van der Waals surface area contributed by atoms with Crippen molar-refractivity contribution in [2.24, 2.45) is 0 Å². The standard InChI is InChI=1S/C24H21NOS/c1-13(2)18-11-20(25-12-15(18)4)16-6-5-7-17-22-24(27-23(16)17)19-10-14(3)8-9-21(19)26-22/h5-13H,1-4H3/i13D. The Morgan fingerprint density at radius 3 is 2.70 bits per heavy atom. The number of fused-ring (bicyclic) bond motifs is 5. The molecule has 0 saturated carbocycles. The van der Waals surface area contributed by atoms with E-state index in [1.165, 1.54) is 20.3 Å². The summed E-state index contributed by atoms with van der Waals surface area (Å²) in [5, 5.41) is 2.30. The fraction of sp³-hybridized carbons (Fsp3) is 0.208. The molecule has 3 heteroatoms. The van der Waals surface area contributed by atoms with E-state index in [9.17, 15) is 0 Å². The number of benzene rings is 2. The van der Waals surface area contributed by atoms with Gasteiger partial charge in [0.2, 0.25) is 0 Å². The Labute approximate surface area is 163 Å². The lowest BCUT2D eigenvalue weighted by atomic mass is 9.97. The fourth-order valence-electron chi connectivity index (χ4n) is 3.81. The van der Waals surface area contributed by atoms with Crippen LogP contribution in [-0.2, 0) is 0 Å². The molecule has 134 valence electrons. The molecule has 0 amide bonds. The second kappa shape index (κ2) is 5.93. The molecule has 5 aromatic rings. The Hall–Kier alpha value is -2.65. The molecule has 0 N–H and O–H groups in total. The predicted octanol–water partition coefficient (Wildman–Crippen LogP) is 7.60. The lowest BCUT2D eigenvalue weighted by Crippen LogP contribution is -1.95. The zero-order valence-corrected chi connectivity index (χ0v) is 16.7. The van der Waals surface area contributed by atoms with Crippen molar-refractivity contribution in [1.29, 1.82) is 0 Å². The van der Waals surface area contributed by atoms with Crippen molar-refractivity contribution in [1.82, 2.24) is 4.98 Å². The molecule has 0 spiro atoms. The SMILES string of the molecule is [2H]C(C)(C)c1cc(-c2cccc3c2sc2c4cc(C)ccc4oc32)ncc1C. The molecular formula is C24H21NOS. The van der Waals surface area contributed by atoms with E-state index in [4.69, 9.17) is 10.8 Å². The van der Waals surface area contributed by atoms with Gasteiger partial charge in [-0.1, -0.05) is 37.6 Å². The number of nitrogens with zero attached hydrogens (tertiary/aromatic N) is 1. The normalized spacial score (nSPS) is 13.0. The van der Waals surface area contributed by atoms with E-state index in [1.807, 2.05) is 27.0 Å². The summed E-state index contributed by atoms with van der Waals surface area (Å²) in [5.74, 6) is -0.660. The largest absolute Gasteiger partial charge is 0.454 e. The Kier molecular flexibility index (Phi) is 3.38. The van der Waals surface area contributed by atoms with Crippen LogP contribution in [0.3, 0.4) is 0 Å². The van der Waals surface area contributed by atoms with E-state index >= 15 is 0 Å². The Morgan fingerprint density at radius 2 is 1.89 bits per heavy atom. The Morgan fingerprint density at radius 1 is 1.04 bits per heavy atom. The second-order valence-electron chi connectivity index (χ2n) is 7.43. The van der Waals surface area contributed by atoms with Gasteiger partial charge in [-0.15, -0.1) is 11.3 Å². The van der Waals surface area contributed by atoms with Gasteiger partial charge in [-0.3, -0.25) is 4.98 Å². The van der Waals surface area contributed by atoms with Crippen LogP contribution in [0.15, 0.2) is 53.1 Å². The molecule has 0 atom stereocenters. The minimum Gasteiger partial charge on any atom is -0.454 e. The number of rotatable bonds is 2. The average Bonchev–Trinajstić information content (AvgIpc) is 3.17. The summed E-state index contributed by atoms with van der Waals surface area (Å²) >= 11 is 1.76. The van der Waals surface area contributed by atoms with Crippen molar-refractivity contribution in [3.8, 4) is 11.3 Å². The third kappa shape index (κ3) is 2.49. The molecule has 5 rings (SSSR count). The summed E-state index contributed by atoms with van der Waals surface area (Å²) in [6.45, 7) is 7.98. The number of thiophene rings is 1. The van der Waals surface area contributed by atoms with Gasteiger partial charge in [-0.25, -0.2) is 0 Å². The summed E-state index contributed by atoms with van der Waals surface area (Å²) in [6, 6.07) is 14.7. The molecule has 0 saturated heterocycles. The monoisotopic (exact) mass is 372 g/mol.